The molecule has 6 nitrogen and oxygen atoms in total. The van der Waals surface area contributed by atoms with Crippen molar-refractivity contribution in [2.45, 2.75) is 18.9 Å². The van der Waals surface area contributed by atoms with Crippen LogP contribution in [0.15, 0.2) is 12.4 Å². The zero-order valence-electron chi connectivity index (χ0n) is 11.2. The highest BCUT2D eigenvalue weighted by Crippen LogP contribution is 2.32. The fourth-order valence-corrected chi connectivity index (χ4v) is 3.41. The Morgan fingerprint density at radius 2 is 2.10 bits per heavy atom. The van der Waals surface area contributed by atoms with Gasteiger partial charge in [-0.2, -0.15) is 0 Å². The molecule has 1 aliphatic heterocycles. The molecule has 1 amide bonds. The predicted molar refractivity (Wildman–Crippen MR) is 77.8 cm³/mol. The molecule has 1 fully saturated rings. The number of ether oxygens (including phenoxy) is 1. The van der Waals surface area contributed by atoms with Crippen LogP contribution in [0.4, 0.5) is 5.69 Å². The number of fused-ring (bicyclic) bond motifs is 1. The van der Waals surface area contributed by atoms with Crippen LogP contribution in [0.3, 0.4) is 0 Å². The number of nitrogens with zero attached hydrogens (tertiary/aromatic N) is 3. The molecule has 2 N–H and O–H groups in total. The topological polar surface area (TPSA) is 81.3 Å². The van der Waals surface area contributed by atoms with Crippen molar-refractivity contribution < 1.29 is 9.53 Å². The van der Waals surface area contributed by atoms with Crippen molar-refractivity contribution >= 4 is 33.3 Å². The van der Waals surface area contributed by atoms with E-state index >= 15 is 0 Å². The smallest absolute Gasteiger partial charge is 0.266 e. The van der Waals surface area contributed by atoms with E-state index in [1.807, 2.05) is 7.05 Å². The van der Waals surface area contributed by atoms with Gasteiger partial charge in [0.15, 0.2) is 0 Å². The number of rotatable bonds is 2. The molecule has 0 bridgehead atoms. The maximum Gasteiger partial charge on any atom is 0.266 e. The number of thiophene rings is 1. The van der Waals surface area contributed by atoms with Gasteiger partial charge in [0.25, 0.3) is 5.91 Å². The number of hydrogen-bond acceptors (Lipinski definition) is 6. The molecule has 0 saturated carbocycles. The summed E-state index contributed by atoms with van der Waals surface area (Å²) in [5.74, 6) is -0.0563. The van der Waals surface area contributed by atoms with Gasteiger partial charge in [-0.1, -0.05) is 0 Å². The largest absolute Gasteiger partial charge is 0.396 e. The summed E-state index contributed by atoms with van der Waals surface area (Å²) in [5, 5.41) is 0. The number of carbonyl (C=O) groups is 1. The van der Waals surface area contributed by atoms with Crippen LogP contribution in [0.2, 0.25) is 0 Å². The van der Waals surface area contributed by atoms with Gasteiger partial charge in [-0.25, -0.2) is 9.97 Å². The highest BCUT2D eigenvalue weighted by atomic mass is 32.1. The number of carbonyl (C=O) groups excluding carboxylic acids is 1. The van der Waals surface area contributed by atoms with E-state index in [1.54, 1.807) is 17.3 Å². The summed E-state index contributed by atoms with van der Waals surface area (Å²) in [6, 6.07) is 0.210. The summed E-state index contributed by atoms with van der Waals surface area (Å²) in [6.45, 7) is 1.40. The summed E-state index contributed by atoms with van der Waals surface area (Å²) < 4.78 is 5.33. The minimum absolute atomic E-state index is 0.0563. The lowest BCUT2D eigenvalue weighted by Crippen LogP contribution is -2.40. The second-order valence-electron chi connectivity index (χ2n) is 4.81. The Balaban J connectivity index is 1.89. The lowest BCUT2D eigenvalue weighted by atomic mass is 10.1. The van der Waals surface area contributed by atoms with Gasteiger partial charge in [0.2, 0.25) is 0 Å². The van der Waals surface area contributed by atoms with Gasteiger partial charge >= 0.3 is 0 Å². The SMILES string of the molecule is CN(C(=O)c1sc2nccnc2c1N)C1CCOCC1. The van der Waals surface area contributed by atoms with Crippen molar-refractivity contribution in [3.63, 3.8) is 0 Å². The molecule has 106 valence electrons. The predicted octanol–water partition coefficient (Wildman–Crippen LogP) is 1.52. The quantitative estimate of drug-likeness (QED) is 0.907. The van der Waals surface area contributed by atoms with E-state index in [2.05, 4.69) is 9.97 Å². The third-order valence-electron chi connectivity index (χ3n) is 3.62. The molecule has 1 saturated heterocycles. The van der Waals surface area contributed by atoms with E-state index in [4.69, 9.17) is 10.5 Å². The van der Waals surface area contributed by atoms with Gasteiger partial charge in [0.1, 0.15) is 15.2 Å². The van der Waals surface area contributed by atoms with Gasteiger partial charge in [0, 0.05) is 38.7 Å². The molecular weight excluding hydrogens is 276 g/mol. The normalized spacial score (nSPS) is 16.4. The number of hydrogen-bond donors (Lipinski definition) is 1. The van der Waals surface area contributed by atoms with Crippen LogP contribution in [0.5, 0.6) is 0 Å². The van der Waals surface area contributed by atoms with E-state index < -0.39 is 0 Å². The molecular formula is C13H16N4O2S. The highest BCUT2D eigenvalue weighted by Gasteiger charge is 2.27. The molecule has 0 aromatic carbocycles. The molecule has 0 spiro atoms. The van der Waals surface area contributed by atoms with E-state index in [9.17, 15) is 4.79 Å². The summed E-state index contributed by atoms with van der Waals surface area (Å²) >= 11 is 1.30. The van der Waals surface area contributed by atoms with Crippen LogP contribution in [-0.2, 0) is 4.74 Å². The van der Waals surface area contributed by atoms with Crippen molar-refractivity contribution in [2.24, 2.45) is 0 Å². The van der Waals surface area contributed by atoms with Crippen molar-refractivity contribution in [1.82, 2.24) is 14.9 Å². The number of nitrogen functional groups attached to an aromatic ring is 1. The Morgan fingerprint density at radius 1 is 1.40 bits per heavy atom. The minimum Gasteiger partial charge on any atom is -0.396 e. The van der Waals surface area contributed by atoms with Crippen molar-refractivity contribution in [2.75, 3.05) is 26.0 Å². The van der Waals surface area contributed by atoms with E-state index in [-0.39, 0.29) is 11.9 Å². The lowest BCUT2D eigenvalue weighted by molar-refractivity contribution is 0.0365. The van der Waals surface area contributed by atoms with Crippen LogP contribution >= 0.6 is 11.3 Å². The first-order chi connectivity index (χ1) is 9.68. The zero-order chi connectivity index (χ0) is 14.1. The Hall–Kier alpha value is -1.73. The van der Waals surface area contributed by atoms with E-state index in [1.165, 1.54) is 11.3 Å². The van der Waals surface area contributed by atoms with Crippen LogP contribution in [0.1, 0.15) is 22.5 Å². The molecule has 2 aromatic heterocycles. The highest BCUT2D eigenvalue weighted by molar-refractivity contribution is 7.21. The maximum atomic E-state index is 12.6. The molecule has 0 unspecified atom stereocenters. The first-order valence-corrected chi connectivity index (χ1v) is 7.34. The Kier molecular flexibility index (Phi) is 3.54. The molecule has 1 aliphatic rings. The van der Waals surface area contributed by atoms with Crippen molar-refractivity contribution in [3.05, 3.63) is 17.3 Å². The molecule has 0 aliphatic carbocycles. The second-order valence-corrected chi connectivity index (χ2v) is 5.81. The number of aromatic nitrogens is 2. The third-order valence-corrected chi connectivity index (χ3v) is 4.71. The maximum absolute atomic E-state index is 12.6. The molecule has 3 rings (SSSR count). The van der Waals surface area contributed by atoms with Gasteiger partial charge in [0.05, 0.1) is 5.69 Å². The average molecular weight is 292 g/mol. The summed E-state index contributed by atoms with van der Waals surface area (Å²) in [4.78, 5) is 24.0. The molecule has 0 atom stereocenters. The van der Waals surface area contributed by atoms with Gasteiger partial charge in [-0.15, -0.1) is 11.3 Å². The van der Waals surface area contributed by atoms with E-state index in [0.29, 0.717) is 34.1 Å². The van der Waals surface area contributed by atoms with E-state index in [0.717, 1.165) is 12.8 Å². The molecule has 3 heterocycles. The molecule has 2 aromatic rings. The van der Waals surface area contributed by atoms with Crippen LogP contribution in [-0.4, -0.2) is 47.1 Å². The fourth-order valence-electron chi connectivity index (χ4n) is 2.40. The van der Waals surface area contributed by atoms with Crippen molar-refractivity contribution in [1.29, 1.82) is 0 Å². The molecule has 0 radical (unpaired) electrons. The summed E-state index contributed by atoms with van der Waals surface area (Å²) in [7, 11) is 1.82. The average Bonchev–Trinajstić information content (AvgIpc) is 2.84. The number of nitrogens with two attached hydrogens (primary N) is 1. The van der Waals surface area contributed by atoms with Crippen LogP contribution in [0.25, 0.3) is 10.3 Å². The summed E-state index contributed by atoms with van der Waals surface area (Å²) in [6.07, 6.45) is 4.92. The Bertz CT molecular complexity index is 636. The van der Waals surface area contributed by atoms with Crippen LogP contribution in [0, 0.1) is 0 Å². The fraction of sp³-hybridized carbons (Fsp3) is 0.462. The Labute approximate surface area is 120 Å². The molecule has 20 heavy (non-hydrogen) atoms. The molecule has 7 heteroatoms. The minimum atomic E-state index is -0.0563. The monoisotopic (exact) mass is 292 g/mol. The van der Waals surface area contributed by atoms with Crippen LogP contribution < -0.4 is 5.73 Å². The van der Waals surface area contributed by atoms with Gasteiger partial charge in [-0.3, -0.25) is 4.79 Å². The lowest BCUT2D eigenvalue weighted by Gasteiger charge is -2.31. The zero-order valence-corrected chi connectivity index (χ0v) is 12.0. The first kappa shape index (κ1) is 13.3. The number of amides is 1. The summed E-state index contributed by atoms with van der Waals surface area (Å²) in [5.41, 5.74) is 7.09. The third kappa shape index (κ3) is 2.23. The van der Waals surface area contributed by atoms with Gasteiger partial charge < -0.3 is 15.4 Å². The number of anilines is 1. The standard InChI is InChI=1S/C13H16N4O2S/c1-17(8-2-6-19-7-3-8)13(18)11-9(14)10-12(20-11)16-5-4-15-10/h4-5,8H,2-3,6-7,14H2,1H3. The Morgan fingerprint density at radius 3 is 2.80 bits per heavy atom. The second kappa shape index (κ2) is 5.34. The van der Waals surface area contributed by atoms with Gasteiger partial charge in [-0.05, 0) is 12.8 Å². The first-order valence-electron chi connectivity index (χ1n) is 6.52. The van der Waals surface area contributed by atoms with Crippen molar-refractivity contribution in [3.8, 4) is 0 Å².